The number of carbonyl (C=O) groups is 2. The summed E-state index contributed by atoms with van der Waals surface area (Å²) in [5.74, 6) is -1.04. The fourth-order valence-electron chi connectivity index (χ4n) is 2.11. The van der Waals surface area contributed by atoms with E-state index in [2.05, 4.69) is 4.98 Å². The van der Waals surface area contributed by atoms with Crippen molar-refractivity contribution < 1.29 is 19.4 Å². The molecule has 6 nitrogen and oxygen atoms in total. The molecule has 1 unspecified atom stereocenters. The number of ether oxygens (including phenoxy) is 1. The number of carboxylic acids is 1. The van der Waals surface area contributed by atoms with Gasteiger partial charge in [-0.15, -0.1) is 11.8 Å². The lowest BCUT2D eigenvalue weighted by atomic mass is 10.1. The number of hydrogen-bond donors (Lipinski definition) is 1. The molecule has 1 aliphatic heterocycles. The van der Waals surface area contributed by atoms with Gasteiger partial charge >= 0.3 is 5.97 Å². The Morgan fingerprint density at radius 2 is 2.40 bits per heavy atom. The maximum Gasteiger partial charge on any atom is 0.306 e. The van der Waals surface area contributed by atoms with E-state index in [-0.39, 0.29) is 12.3 Å². The van der Waals surface area contributed by atoms with Crippen LogP contribution in [0.4, 0.5) is 0 Å². The van der Waals surface area contributed by atoms with E-state index >= 15 is 0 Å². The third-order valence-corrected chi connectivity index (χ3v) is 3.74. The van der Waals surface area contributed by atoms with Crippen LogP contribution in [0.25, 0.3) is 0 Å². The first-order valence-electron chi connectivity index (χ1n) is 6.23. The largest absolute Gasteiger partial charge is 0.481 e. The van der Waals surface area contributed by atoms with Gasteiger partial charge in [-0.25, -0.2) is 4.98 Å². The van der Waals surface area contributed by atoms with E-state index in [9.17, 15) is 9.59 Å². The van der Waals surface area contributed by atoms with Crippen molar-refractivity contribution >= 4 is 23.6 Å². The third kappa shape index (κ3) is 3.49. The average Bonchev–Trinajstić information content (AvgIpc) is 2.46. The summed E-state index contributed by atoms with van der Waals surface area (Å²) in [6.45, 7) is 1.13. The third-order valence-electron chi connectivity index (χ3n) is 3.02. The molecule has 108 valence electrons. The van der Waals surface area contributed by atoms with Crippen LogP contribution >= 0.6 is 11.8 Å². The monoisotopic (exact) mass is 296 g/mol. The fraction of sp³-hybridized carbons (Fsp3) is 0.462. The molecule has 1 saturated heterocycles. The number of amides is 1. The van der Waals surface area contributed by atoms with Gasteiger partial charge in [0.05, 0.1) is 24.7 Å². The summed E-state index contributed by atoms with van der Waals surface area (Å²) >= 11 is 1.42. The minimum atomic E-state index is -0.921. The predicted molar refractivity (Wildman–Crippen MR) is 73.9 cm³/mol. The number of carboxylic acid groups (broad SMARTS) is 1. The predicted octanol–water partition coefficient (Wildman–Crippen LogP) is 1.12. The summed E-state index contributed by atoms with van der Waals surface area (Å²) in [6.07, 6.45) is 2.98. The highest BCUT2D eigenvalue weighted by Gasteiger charge is 2.27. The van der Waals surface area contributed by atoms with E-state index in [4.69, 9.17) is 9.84 Å². The second-order valence-corrected chi connectivity index (χ2v) is 5.20. The van der Waals surface area contributed by atoms with Gasteiger partial charge < -0.3 is 14.7 Å². The zero-order valence-corrected chi connectivity index (χ0v) is 11.9. The Morgan fingerprint density at radius 1 is 1.60 bits per heavy atom. The van der Waals surface area contributed by atoms with Crippen LogP contribution in [0.1, 0.15) is 16.8 Å². The van der Waals surface area contributed by atoms with Crippen LogP contribution in [0, 0.1) is 0 Å². The van der Waals surface area contributed by atoms with Crippen LogP contribution in [0.3, 0.4) is 0 Å². The van der Waals surface area contributed by atoms with Gasteiger partial charge in [0.15, 0.2) is 0 Å². The molecule has 0 aliphatic carbocycles. The summed E-state index contributed by atoms with van der Waals surface area (Å²) in [7, 11) is 0. The maximum absolute atomic E-state index is 12.5. The smallest absolute Gasteiger partial charge is 0.306 e. The molecule has 1 atom stereocenters. The topological polar surface area (TPSA) is 79.7 Å². The maximum atomic E-state index is 12.5. The van der Waals surface area contributed by atoms with Gasteiger partial charge in [-0.3, -0.25) is 9.59 Å². The van der Waals surface area contributed by atoms with Crippen LogP contribution in [-0.2, 0) is 9.53 Å². The molecule has 1 fully saturated rings. The molecular formula is C13H16N2O4S. The van der Waals surface area contributed by atoms with E-state index in [0.717, 1.165) is 0 Å². The van der Waals surface area contributed by atoms with Crippen molar-refractivity contribution in [3.63, 3.8) is 0 Å². The molecule has 2 heterocycles. The van der Waals surface area contributed by atoms with Crippen LogP contribution < -0.4 is 0 Å². The van der Waals surface area contributed by atoms with Crippen LogP contribution in [0.5, 0.6) is 0 Å². The number of thioether (sulfide) groups is 1. The molecular weight excluding hydrogens is 280 g/mol. The molecule has 0 aromatic carbocycles. The van der Waals surface area contributed by atoms with Crippen molar-refractivity contribution in [3.8, 4) is 0 Å². The molecule has 1 aromatic heterocycles. The summed E-state index contributed by atoms with van der Waals surface area (Å²) in [6, 6.07) is 3.46. The zero-order valence-electron chi connectivity index (χ0n) is 11.1. The van der Waals surface area contributed by atoms with Gasteiger partial charge in [0.1, 0.15) is 5.03 Å². The summed E-state index contributed by atoms with van der Waals surface area (Å²) in [5, 5.41) is 9.47. The number of carbonyl (C=O) groups excluding carboxylic acids is 1. The zero-order chi connectivity index (χ0) is 14.5. The highest BCUT2D eigenvalue weighted by atomic mass is 32.2. The number of rotatable bonds is 4. The Labute approximate surface area is 121 Å². The van der Waals surface area contributed by atoms with Gasteiger partial charge in [0.25, 0.3) is 5.91 Å². The lowest BCUT2D eigenvalue weighted by Crippen LogP contribution is -2.46. The fourth-order valence-corrected chi connectivity index (χ4v) is 2.65. The summed E-state index contributed by atoms with van der Waals surface area (Å²) in [5.41, 5.74) is 0.552. The van der Waals surface area contributed by atoms with Gasteiger partial charge in [-0.05, 0) is 18.4 Å². The van der Waals surface area contributed by atoms with Crippen molar-refractivity contribution in [3.05, 3.63) is 23.9 Å². The second-order valence-electron chi connectivity index (χ2n) is 4.40. The SMILES string of the molecule is CSc1ncccc1C(=O)N1CCOC(CC(=O)O)C1. The average molecular weight is 296 g/mol. The first-order valence-corrected chi connectivity index (χ1v) is 7.46. The number of pyridine rings is 1. The normalized spacial score (nSPS) is 18.9. The highest BCUT2D eigenvalue weighted by molar-refractivity contribution is 7.98. The molecule has 0 saturated carbocycles. The molecule has 0 spiro atoms. The molecule has 7 heteroatoms. The number of aromatic nitrogens is 1. The van der Waals surface area contributed by atoms with Crippen molar-refractivity contribution in [2.75, 3.05) is 26.0 Å². The van der Waals surface area contributed by atoms with E-state index in [0.29, 0.717) is 30.3 Å². The minimum absolute atomic E-state index is 0.0911. The second kappa shape index (κ2) is 6.71. The van der Waals surface area contributed by atoms with Gasteiger partial charge in [-0.2, -0.15) is 0 Å². The summed E-state index contributed by atoms with van der Waals surface area (Å²) in [4.78, 5) is 29.0. The molecule has 0 radical (unpaired) electrons. The molecule has 1 aliphatic rings. The number of hydrogen-bond acceptors (Lipinski definition) is 5. The van der Waals surface area contributed by atoms with Crippen molar-refractivity contribution in [2.45, 2.75) is 17.6 Å². The Hall–Kier alpha value is -1.60. The van der Waals surface area contributed by atoms with Crippen molar-refractivity contribution in [2.24, 2.45) is 0 Å². The molecule has 0 bridgehead atoms. The first-order chi connectivity index (χ1) is 9.61. The molecule has 2 rings (SSSR count). The first kappa shape index (κ1) is 14.8. The Kier molecular flexibility index (Phi) is 4.97. The van der Waals surface area contributed by atoms with E-state index in [1.807, 2.05) is 6.26 Å². The lowest BCUT2D eigenvalue weighted by molar-refractivity contribution is -0.141. The van der Waals surface area contributed by atoms with Crippen LogP contribution in [-0.4, -0.2) is 58.9 Å². The Balaban J connectivity index is 2.10. The molecule has 1 amide bonds. The van der Waals surface area contributed by atoms with E-state index in [1.54, 1.807) is 23.2 Å². The number of morpholine rings is 1. The van der Waals surface area contributed by atoms with Gasteiger partial charge in [0.2, 0.25) is 0 Å². The molecule has 1 N–H and O–H groups in total. The minimum Gasteiger partial charge on any atom is -0.481 e. The summed E-state index contributed by atoms with van der Waals surface area (Å²) < 4.78 is 5.37. The molecule has 20 heavy (non-hydrogen) atoms. The van der Waals surface area contributed by atoms with E-state index < -0.39 is 12.1 Å². The molecule has 1 aromatic rings. The number of nitrogens with zero attached hydrogens (tertiary/aromatic N) is 2. The highest BCUT2D eigenvalue weighted by Crippen LogP contribution is 2.20. The van der Waals surface area contributed by atoms with Crippen molar-refractivity contribution in [1.29, 1.82) is 0 Å². The van der Waals surface area contributed by atoms with Gasteiger partial charge in [0, 0.05) is 19.3 Å². The van der Waals surface area contributed by atoms with Crippen LogP contribution in [0.2, 0.25) is 0 Å². The number of aliphatic carboxylic acids is 1. The Morgan fingerprint density at radius 3 is 3.10 bits per heavy atom. The van der Waals surface area contributed by atoms with E-state index in [1.165, 1.54) is 11.8 Å². The Bertz CT molecular complexity index is 509. The quantitative estimate of drug-likeness (QED) is 0.839. The van der Waals surface area contributed by atoms with Crippen LogP contribution in [0.15, 0.2) is 23.4 Å². The standard InChI is InChI=1S/C13H16N2O4S/c1-20-12-10(3-2-4-14-12)13(18)15-5-6-19-9(8-15)7-11(16)17/h2-4,9H,5-8H2,1H3,(H,16,17). The lowest BCUT2D eigenvalue weighted by Gasteiger charge is -2.32. The van der Waals surface area contributed by atoms with Crippen molar-refractivity contribution in [1.82, 2.24) is 9.88 Å². The van der Waals surface area contributed by atoms with Gasteiger partial charge in [-0.1, -0.05) is 0 Å².